The van der Waals surface area contributed by atoms with Gasteiger partial charge in [0.2, 0.25) is 23.6 Å². The van der Waals surface area contributed by atoms with Crippen LogP contribution < -0.4 is 27.0 Å². The van der Waals surface area contributed by atoms with Crippen LogP contribution in [0.15, 0.2) is 78.9 Å². The summed E-state index contributed by atoms with van der Waals surface area (Å²) in [5.74, 6) is -5.79. The molecule has 0 radical (unpaired) electrons. The molecule has 0 aromatic heterocycles. The maximum absolute atomic E-state index is 14.1. The summed E-state index contributed by atoms with van der Waals surface area (Å²) in [4.78, 5) is 91.3. The highest BCUT2D eigenvalue weighted by Gasteiger charge is 2.34. The molecule has 1 aliphatic carbocycles. The van der Waals surface area contributed by atoms with Gasteiger partial charge in [0.25, 0.3) is 0 Å². The predicted octanol–water partition coefficient (Wildman–Crippen LogP) is 3.88. The molecular weight excluding hydrogens is 787 g/mol. The number of amides is 5. The molecule has 0 spiro atoms. The number of esters is 1. The van der Waals surface area contributed by atoms with Gasteiger partial charge in [-0.15, -0.1) is 0 Å². The topological polar surface area (TPSA) is 242 Å². The van der Waals surface area contributed by atoms with Crippen LogP contribution in [0.25, 0.3) is 11.1 Å². The van der Waals surface area contributed by atoms with Crippen molar-refractivity contribution in [2.75, 3.05) is 13.2 Å². The number of benzene rings is 3. The quantitative estimate of drug-likeness (QED) is 0.0892. The van der Waals surface area contributed by atoms with Crippen molar-refractivity contribution in [1.29, 1.82) is 0 Å². The van der Waals surface area contributed by atoms with Gasteiger partial charge in [-0.1, -0.05) is 78.9 Å². The Balaban J connectivity index is 1.52. The molecule has 0 saturated carbocycles. The van der Waals surface area contributed by atoms with E-state index in [4.69, 9.17) is 19.9 Å². The third-order valence-corrected chi connectivity index (χ3v) is 9.54. The fourth-order valence-corrected chi connectivity index (χ4v) is 6.64. The van der Waals surface area contributed by atoms with Crippen LogP contribution in [0.2, 0.25) is 0 Å². The third kappa shape index (κ3) is 15.0. The number of hydrogen-bond donors (Lipinski definition) is 6. The minimum absolute atomic E-state index is 0.0220. The molecule has 0 aliphatic heterocycles. The lowest BCUT2D eigenvalue weighted by atomic mass is 9.98. The standard InChI is InChI=1S/C45H57N5O11/c1-44(2,3)60-26-36(50-43(58)59-25-32-30-18-12-10-16-28(30)29-17-11-13-19-31(29)32)41(55)49-35(24-27-14-8-7-9-15-27)40(54)47-33(20-22-37(46)51)39(53)48-34(42(56)57)21-23-38(52)61-45(4,5)6/h7-19,32-36H,20-26H2,1-6H3,(H2,46,51)(H,47,54)(H,48,53)(H,49,55)(H,50,58)(H,56,57)/t33-,34-,35-,36-/m0/s1. The van der Waals surface area contributed by atoms with Crippen LogP contribution in [0.4, 0.5) is 4.79 Å². The summed E-state index contributed by atoms with van der Waals surface area (Å²) in [7, 11) is 0. The monoisotopic (exact) mass is 843 g/mol. The SMILES string of the molecule is CC(C)(C)OC[C@H](NC(=O)OCC1c2ccccc2-c2ccccc21)C(=O)N[C@@H](Cc1ccccc1)C(=O)N[C@@H](CCC(N)=O)C(=O)N[C@@H](CCC(=O)OC(C)(C)C)C(=O)O. The Morgan fingerprint density at radius 1 is 0.639 bits per heavy atom. The summed E-state index contributed by atoms with van der Waals surface area (Å²) in [5.41, 5.74) is 8.53. The van der Waals surface area contributed by atoms with Crippen LogP contribution in [0.5, 0.6) is 0 Å². The van der Waals surface area contributed by atoms with Gasteiger partial charge in [0.05, 0.1) is 12.2 Å². The molecule has 5 amide bonds. The van der Waals surface area contributed by atoms with Crippen molar-refractivity contribution in [3.63, 3.8) is 0 Å². The molecule has 61 heavy (non-hydrogen) atoms. The highest BCUT2D eigenvalue weighted by atomic mass is 16.6. The van der Waals surface area contributed by atoms with E-state index in [1.165, 1.54) is 0 Å². The van der Waals surface area contributed by atoms with E-state index in [0.29, 0.717) is 5.56 Å². The molecule has 4 rings (SSSR count). The van der Waals surface area contributed by atoms with Gasteiger partial charge in [-0.25, -0.2) is 9.59 Å². The van der Waals surface area contributed by atoms with Crippen LogP contribution in [-0.4, -0.2) is 95.4 Å². The smallest absolute Gasteiger partial charge is 0.407 e. The molecule has 328 valence electrons. The second kappa shape index (κ2) is 21.3. The maximum atomic E-state index is 14.1. The average molecular weight is 844 g/mol. The number of carboxylic acids is 1. The van der Waals surface area contributed by atoms with Gasteiger partial charge in [0, 0.05) is 25.2 Å². The highest BCUT2D eigenvalue weighted by molar-refractivity contribution is 5.95. The van der Waals surface area contributed by atoms with Gasteiger partial charge < -0.3 is 46.3 Å². The molecule has 0 bridgehead atoms. The van der Waals surface area contributed by atoms with E-state index in [9.17, 15) is 38.7 Å². The van der Waals surface area contributed by atoms with Crippen molar-refractivity contribution in [3.8, 4) is 11.1 Å². The Bertz CT molecular complexity index is 2000. The maximum Gasteiger partial charge on any atom is 0.407 e. The minimum atomic E-state index is -1.56. The van der Waals surface area contributed by atoms with Gasteiger partial charge in [0.15, 0.2) is 0 Å². The van der Waals surface area contributed by atoms with Crippen LogP contribution in [0, 0.1) is 0 Å². The Hall–Kier alpha value is -6.29. The van der Waals surface area contributed by atoms with Gasteiger partial charge >= 0.3 is 18.0 Å². The van der Waals surface area contributed by atoms with Gasteiger partial charge in [0.1, 0.15) is 36.4 Å². The van der Waals surface area contributed by atoms with E-state index in [1.807, 2.05) is 48.5 Å². The molecule has 4 atom stereocenters. The zero-order chi connectivity index (χ0) is 44.9. The number of rotatable bonds is 20. The van der Waals surface area contributed by atoms with Gasteiger partial charge in [-0.3, -0.25) is 24.0 Å². The second-order valence-electron chi connectivity index (χ2n) is 16.8. The first-order valence-electron chi connectivity index (χ1n) is 20.1. The lowest BCUT2D eigenvalue weighted by molar-refractivity contribution is -0.155. The number of carbonyl (C=O) groups is 7. The third-order valence-electron chi connectivity index (χ3n) is 9.54. The summed E-state index contributed by atoms with van der Waals surface area (Å²) in [6.45, 7) is 9.94. The minimum Gasteiger partial charge on any atom is -0.480 e. The number of nitrogens with two attached hydrogens (primary N) is 1. The van der Waals surface area contributed by atoms with Crippen LogP contribution in [0.3, 0.4) is 0 Å². The highest BCUT2D eigenvalue weighted by Crippen LogP contribution is 2.44. The van der Waals surface area contributed by atoms with E-state index >= 15 is 0 Å². The number of carboxylic acid groups (broad SMARTS) is 1. The molecule has 0 fully saturated rings. The van der Waals surface area contributed by atoms with Gasteiger partial charge in [-0.2, -0.15) is 0 Å². The number of carbonyl (C=O) groups excluding carboxylic acids is 6. The first kappa shape index (κ1) is 47.4. The van der Waals surface area contributed by atoms with Crippen molar-refractivity contribution in [2.45, 2.75) is 115 Å². The van der Waals surface area contributed by atoms with Crippen molar-refractivity contribution < 1.29 is 52.9 Å². The van der Waals surface area contributed by atoms with Crippen molar-refractivity contribution in [3.05, 3.63) is 95.6 Å². The number of alkyl carbamates (subject to hydrolysis) is 1. The first-order valence-corrected chi connectivity index (χ1v) is 20.1. The number of primary amides is 1. The number of aliphatic carboxylic acids is 1. The molecular formula is C45H57N5O11. The second-order valence-corrected chi connectivity index (χ2v) is 16.8. The fraction of sp³-hybridized carbons (Fsp3) is 0.444. The first-order chi connectivity index (χ1) is 28.7. The molecule has 7 N–H and O–H groups in total. The molecule has 3 aromatic carbocycles. The Labute approximate surface area is 355 Å². The van der Waals surface area contributed by atoms with E-state index in [2.05, 4.69) is 21.3 Å². The predicted molar refractivity (Wildman–Crippen MR) is 225 cm³/mol. The summed E-state index contributed by atoms with van der Waals surface area (Å²) >= 11 is 0. The normalized spacial score (nSPS) is 14.2. The fourth-order valence-electron chi connectivity index (χ4n) is 6.64. The summed E-state index contributed by atoms with van der Waals surface area (Å²) in [5, 5.41) is 20.0. The number of hydrogen-bond acceptors (Lipinski definition) is 10. The summed E-state index contributed by atoms with van der Waals surface area (Å²) in [6, 6.07) is 18.6. The van der Waals surface area contributed by atoms with Crippen molar-refractivity contribution in [2.24, 2.45) is 5.73 Å². The van der Waals surface area contributed by atoms with E-state index in [-0.39, 0.29) is 51.2 Å². The Morgan fingerprint density at radius 3 is 1.70 bits per heavy atom. The largest absolute Gasteiger partial charge is 0.480 e. The average Bonchev–Trinajstić information content (AvgIpc) is 3.50. The summed E-state index contributed by atoms with van der Waals surface area (Å²) in [6.07, 6.45) is -2.31. The van der Waals surface area contributed by atoms with Gasteiger partial charge in [-0.05, 0) is 82.2 Å². The van der Waals surface area contributed by atoms with Crippen molar-refractivity contribution >= 4 is 41.7 Å². The van der Waals surface area contributed by atoms with E-state index in [1.54, 1.807) is 71.9 Å². The Morgan fingerprint density at radius 2 is 1.15 bits per heavy atom. The lowest BCUT2D eigenvalue weighted by Gasteiger charge is -2.28. The number of fused-ring (bicyclic) bond motifs is 3. The Kier molecular flexibility index (Phi) is 16.5. The molecule has 3 aromatic rings. The molecule has 1 aliphatic rings. The van der Waals surface area contributed by atoms with Crippen LogP contribution in [0.1, 0.15) is 89.8 Å². The van der Waals surface area contributed by atoms with Crippen molar-refractivity contribution in [1.82, 2.24) is 21.3 Å². The molecule has 16 nitrogen and oxygen atoms in total. The molecule has 0 unspecified atom stereocenters. The molecule has 16 heteroatoms. The number of ether oxygens (including phenoxy) is 3. The zero-order valence-electron chi connectivity index (χ0n) is 35.4. The van der Waals surface area contributed by atoms with Crippen LogP contribution >= 0.6 is 0 Å². The number of nitrogens with one attached hydrogen (secondary N) is 4. The molecule has 0 saturated heterocycles. The summed E-state index contributed by atoms with van der Waals surface area (Å²) < 4.78 is 16.9. The zero-order valence-corrected chi connectivity index (χ0v) is 35.4. The lowest BCUT2D eigenvalue weighted by Crippen LogP contribution is -2.59. The van der Waals surface area contributed by atoms with Crippen LogP contribution in [-0.2, 0) is 49.4 Å². The van der Waals surface area contributed by atoms with E-state index < -0.39 is 77.0 Å². The molecule has 0 heterocycles. The van der Waals surface area contributed by atoms with E-state index in [0.717, 1.165) is 22.3 Å².